The van der Waals surface area contributed by atoms with E-state index in [0.717, 1.165) is 38.7 Å². The zero-order chi connectivity index (χ0) is 24.3. The van der Waals surface area contributed by atoms with E-state index in [9.17, 15) is 5.11 Å². The molecule has 186 valence electrons. The summed E-state index contributed by atoms with van der Waals surface area (Å²) in [5, 5.41) is 10.5. The van der Waals surface area contributed by atoms with Gasteiger partial charge in [0.2, 0.25) is 0 Å². The minimum absolute atomic E-state index is 0.123. The first kappa shape index (κ1) is 25.7. The van der Waals surface area contributed by atoms with Crippen molar-refractivity contribution in [3.63, 3.8) is 0 Å². The lowest BCUT2D eigenvalue weighted by molar-refractivity contribution is -0.102. The molecule has 0 aromatic heterocycles. The van der Waals surface area contributed by atoms with Gasteiger partial charge >= 0.3 is 0 Å². The van der Waals surface area contributed by atoms with E-state index in [1.807, 2.05) is 6.92 Å². The Hall–Kier alpha value is -0.386. The van der Waals surface area contributed by atoms with E-state index in [4.69, 9.17) is 8.85 Å². The van der Waals surface area contributed by atoms with Crippen LogP contribution >= 0.6 is 0 Å². The first-order valence-corrected chi connectivity index (χ1v) is 20.2. The van der Waals surface area contributed by atoms with Gasteiger partial charge in [-0.25, -0.2) is 0 Å². The molecule has 3 fully saturated rings. The monoisotopic (exact) mass is 488 g/mol. The summed E-state index contributed by atoms with van der Waals surface area (Å²) in [5.41, 5.74) is 1.49. The molecule has 4 rings (SSSR count). The van der Waals surface area contributed by atoms with Gasteiger partial charge in [0.1, 0.15) is 5.60 Å². The lowest BCUT2D eigenvalue weighted by atomic mass is 9.46. The van der Waals surface area contributed by atoms with Gasteiger partial charge in [0.05, 0.1) is 6.10 Å². The first-order valence-electron chi connectivity index (χ1n) is 13.4. The van der Waals surface area contributed by atoms with Crippen LogP contribution in [0.15, 0.2) is 11.6 Å². The minimum atomic E-state index is -1.74. The van der Waals surface area contributed by atoms with E-state index in [0.29, 0.717) is 17.8 Å². The highest BCUT2D eigenvalue weighted by Gasteiger charge is 2.65. The zero-order valence-electron chi connectivity index (χ0n) is 22.5. The normalized spacial score (nSPS) is 43.0. The molecule has 5 heteroatoms. The Morgan fingerprint density at radius 1 is 1.00 bits per heavy atom. The summed E-state index contributed by atoms with van der Waals surface area (Å²) >= 11 is 0. The van der Waals surface area contributed by atoms with E-state index in [-0.39, 0.29) is 22.5 Å². The van der Waals surface area contributed by atoms with Crippen molar-refractivity contribution in [2.75, 3.05) is 6.61 Å². The molecule has 0 radical (unpaired) electrons. The van der Waals surface area contributed by atoms with Gasteiger partial charge in [-0.1, -0.05) is 24.5 Å². The van der Waals surface area contributed by atoms with Gasteiger partial charge in [0.25, 0.3) is 0 Å². The quantitative estimate of drug-likeness (QED) is 0.264. The van der Waals surface area contributed by atoms with Crippen LogP contribution in [0.4, 0.5) is 0 Å². The largest absolute Gasteiger partial charge is 0.417 e. The average Bonchev–Trinajstić information content (AvgIpc) is 2.97. The molecular formula is C28H48O3Si2. The molecule has 0 amide bonds. The maximum absolute atomic E-state index is 10.5. The van der Waals surface area contributed by atoms with Crippen LogP contribution in [0.25, 0.3) is 0 Å². The Labute approximate surface area is 205 Å². The van der Waals surface area contributed by atoms with Crippen LogP contribution in [0.1, 0.15) is 65.2 Å². The third-order valence-corrected chi connectivity index (χ3v) is 11.5. The fourth-order valence-electron chi connectivity index (χ4n) is 8.17. The van der Waals surface area contributed by atoms with Crippen LogP contribution in [-0.2, 0) is 8.85 Å². The van der Waals surface area contributed by atoms with Gasteiger partial charge in [-0.05, 0) is 115 Å². The number of hydrogen-bond donors (Lipinski definition) is 1. The smallest absolute Gasteiger partial charge is 0.185 e. The first-order chi connectivity index (χ1) is 15.3. The molecule has 0 spiro atoms. The summed E-state index contributed by atoms with van der Waals surface area (Å²) in [6, 6.07) is 0. The lowest BCUT2D eigenvalue weighted by Gasteiger charge is -2.60. The van der Waals surface area contributed by atoms with Gasteiger partial charge in [-0.3, -0.25) is 0 Å². The van der Waals surface area contributed by atoms with E-state index in [1.165, 1.54) is 24.8 Å². The zero-order valence-corrected chi connectivity index (χ0v) is 24.5. The highest BCUT2D eigenvalue weighted by atomic mass is 28.4. The van der Waals surface area contributed by atoms with Crippen molar-refractivity contribution in [2.45, 2.75) is 116 Å². The summed E-state index contributed by atoms with van der Waals surface area (Å²) in [4.78, 5) is 0. The summed E-state index contributed by atoms with van der Waals surface area (Å²) in [7, 11) is -3.36. The minimum Gasteiger partial charge on any atom is -0.417 e. The summed E-state index contributed by atoms with van der Waals surface area (Å²) in [6.07, 6.45) is 11.1. The molecule has 4 aliphatic carbocycles. The number of hydrogen-bond acceptors (Lipinski definition) is 3. The van der Waals surface area contributed by atoms with Crippen LogP contribution < -0.4 is 0 Å². The predicted molar refractivity (Wildman–Crippen MR) is 142 cm³/mol. The van der Waals surface area contributed by atoms with E-state index >= 15 is 0 Å². The fraction of sp³-hybridized carbons (Fsp3) is 0.857. The van der Waals surface area contributed by atoms with Crippen LogP contribution in [-0.4, -0.2) is 40.1 Å². The van der Waals surface area contributed by atoms with Crippen molar-refractivity contribution >= 4 is 16.6 Å². The Kier molecular flexibility index (Phi) is 6.72. The number of rotatable bonds is 5. The standard InChI is InChI=1S/C28H48O3Si2/c1-9-15-28(31-33(6,7)8)18-14-24-23-11-10-21-19-22(29)12-17-27(21,20-30-32(3,4)5)25(23)13-16-26(24,28)2/h10,22-25,29H,11-14,16-20H2,1-8H3/t22-,23-,24-,25-,26-,27+,28-/m0/s1. The van der Waals surface area contributed by atoms with Crippen LogP contribution in [0.5, 0.6) is 0 Å². The van der Waals surface area contributed by atoms with Crippen LogP contribution in [0.3, 0.4) is 0 Å². The molecule has 0 heterocycles. The topological polar surface area (TPSA) is 38.7 Å². The molecule has 0 bridgehead atoms. The number of aliphatic hydroxyl groups excluding tert-OH is 1. The Morgan fingerprint density at radius 3 is 2.33 bits per heavy atom. The second kappa shape index (κ2) is 8.62. The lowest BCUT2D eigenvalue weighted by Crippen LogP contribution is -2.58. The number of allylic oxidation sites excluding steroid dienone is 1. The highest BCUT2D eigenvalue weighted by Crippen LogP contribution is 2.68. The van der Waals surface area contributed by atoms with Gasteiger partial charge in [-0.2, -0.15) is 0 Å². The molecule has 0 saturated heterocycles. The second-order valence-electron chi connectivity index (χ2n) is 13.7. The van der Waals surface area contributed by atoms with Crippen molar-refractivity contribution in [1.29, 1.82) is 0 Å². The third-order valence-electron chi connectivity index (χ3n) is 9.49. The molecule has 1 N–H and O–H groups in total. The summed E-state index contributed by atoms with van der Waals surface area (Å²) in [6.45, 7) is 19.3. The molecule has 3 saturated carbocycles. The molecule has 33 heavy (non-hydrogen) atoms. The van der Waals surface area contributed by atoms with E-state index in [1.54, 1.807) is 0 Å². The van der Waals surface area contributed by atoms with Gasteiger partial charge in [0.15, 0.2) is 16.6 Å². The van der Waals surface area contributed by atoms with Gasteiger partial charge in [-0.15, -0.1) is 5.92 Å². The van der Waals surface area contributed by atoms with Gasteiger partial charge in [0, 0.05) is 17.4 Å². The average molecular weight is 489 g/mol. The van der Waals surface area contributed by atoms with Crippen molar-refractivity contribution < 1.29 is 14.0 Å². The SMILES string of the molecule is CC#C[C@]1(O[Si](C)(C)C)CC[C@H]2[C@@H]3CC=C4C[C@@H](O)CC[C@]4(CO[Si](C)(C)C)[C@H]3CC[C@@]21C. The molecular weight excluding hydrogens is 440 g/mol. The van der Waals surface area contributed by atoms with Gasteiger partial charge < -0.3 is 14.0 Å². The molecule has 0 aliphatic heterocycles. The van der Waals surface area contributed by atoms with Crippen molar-refractivity contribution in [1.82, 2.24) is 0 Å². The highest BCUT2D eigenvalue weighted by molar-refractivity contribution is 6.70. The maximum atomic E-state index is 10.5. The molecule has 0 aromatic carbocycles. The fourth-order valence-corrected chi connectivity index (χ4v) is 10.3. The summed E-state index contributed by atoms with van der Waals surface area (Å²) in [5.74, 6) is 8.95. The maximum Gasteiger partial charge on any atom is 0.185 e. The molecule has 0 aromatic rings. The van der Waals surface area contributed by atoms with Crippen LogP contribution in [0.2, 0.25) is 39.3 Å². The second-order valence-corrected chi connectivity index (χ2v) is 22.6. The van der Waals surface area contributed by atoms with E-state index < -0.39 is 16.6 Å². The van der Waals surface area contributed by atoms with Crippen molar-refractivity contribution in [3.8, 4) is 11.8 Å². The predicted octanol–water partition coefficient (Wildman–Crippen LogP) is 6.76. The number of fused-ring (bicyclic) bond motifs is 5. The Balaban J connectivity index is 1.70. The molecule has 7 atom stereocenters. The Bertz CT molecular complexity index is 844. The van der Waals surface area contributed by atoms with Crippen molar-refractivity contribution in [3.05, 3.63) is 11.6 Å². The molecule has 4 aliphatic rings. The number of aliphatic hydroxyl groups is 1. The summed E-state index contributed by atoms with van der Waals surface area (Å²) < 4.78 is 13.7. The van der Waals surface area contributed by atoms with E-state index in [2.05, 4.69) is 64.1 Å². The molecule has 0 unspecified atom stereocenters. The molecule has 3 nitrogen and oxygen atoms in total. The van der Waals surface area contributed by atoms with Crippen LogP contribution in [0, 0.1) is 40.4 Å². The Morgan fingerprint density at radius 2 is 1.70 bits per heavy atom. The van der Waals surface area contributed by atoms with Crippen molar-refractivity contribution in [2.24, 2.45) is 28.6 Å². The third kappa shape index (κ3) is 4.49.